The number of methoxy groups -OCH3 is 6. The first-order chi connectivity index (χ1) is 39.2. The maximum absolute atomic E-state index is 14.9. The monoisotopic (exact) mass is 1150 g/mol. The molecule has 0 saturated carbocycles. The Labute approximate surface area is 486 Å². The van der Waals surface area contributed by atoms with Crippen LogP contribution in [0.2, 0.25) is 0 Å². The van der Waals surface area contributed by atoms with Crippen molar-refractivity contribution in [2.45, 2.75) is 151 Å². The second kappa shape index (κ2) is 25.2. The number of aromatic nitrogens is 2. The highest BCUT2D eigenvalue weighted by Crippen LogP contribution is 2.62. The molecular weight excluding hydrogens is 1060 g/mol. The lowest BCUT2D eigenvalue weighted by atomic mass is 9.55. The molecule has 448 valence electrons. The third kappa shape index (κ3) is 12.3. The van der Waals surface area contributed by atoms with E-state index in [0.29, 0.717) is 68.7 Å². The Kier molecular flexibility index (Phi) is 19.2. The Balaban J connectivity index is 1.55. The van der Waals surface area contributed by atoms with E-state index in [1.807, 2.05) is 72.7 Å². The number of hydrogen-bond donors (Lipinski definition) is 1. The first-order valence-electron chi connectivity index (χ1n) is 28.3. The molecule has 0 radical (unpaired) electrons. The third-order valence-corrected chi connectivity index (χ3v) is 19.0. The minimum Gasteiger partial charge on any atom is -0.469 e. The summed E-state index contributed by atoms with van der Waals surface area (Å²) >= 11 is 0. The van der Waals surface area contributed by atoms with Gasteiger partial charge in [-0.05, 0) is 106 Å². The molecule has 1 unspecified atom stereocenters. The van der Waals surface area contributed by atoms with Crippen LogP contribution in [-0.2, 0) is 73.3 Å². The Morgan fingerprint density at radius 3 is 1.75 bits per heavy atom. The highest BCUT2D eigenvalue weighted by atomic mass is 16.5. The molecule has 20 nitrogen and oxygen atoms in total. The van der Waals surface area contributed by atoms with Gasteiger partial charge < -0.3 is 38.5 Å². The lowest BCUT2D eigenvalue weighted by Crippen LogP contribution is -2.55. The summed E-state index contributed by atoms with van der Waals surface area (Å²) < 4.78 is 38.0. The summed E-state index contributed by atoms with van der Waals surface area (Å²) in [5, 5.41) is 3.80. The van der Waals surface area contributed by atoms with Crippen LogP contribution in [0.5, 0.6) is 0 Å². The van der Waals surface area contributed by atoms with Gasteiger partial charge in [0.05, 0.1) is 84.9 Å². The Hall–Kier alpha value is -7.38. The van der Waals surface area contributed by atoms with Gasteiger partial charge in [0.25, 0.3) is 0 Å². The molecule has 1 N–H and O–H groups in total. The predicted octanol–water partition coefficient (Wildman–Crippen LogP) is 8.87. The molecular formula is C63H82N6O14. The fraction of sp³-hybridized carbons (Fsp3) is 0.587. The molecule has 7 heterocycles. The van der Waals surface area contributed by atoms with Crippen LogP contribution in [-0.4, -0.2) is 123 Å². The van der Waals surface area contributed by atoms with E-state index in [1.165, 1.54) is 42.7 Å². The number of hydrogen-bond acceptors (Lipinski definition) is 20. The maximum atomic E-state index is 14.9. The van der Waals surface area contributed by atoms with Gasteiger partial charge in [-0.1, -0.05) is 34.6 Å². The van der Waals surface area contributed by atoms with Crippen molar-refractivity contribution < 1.29 is 66.7 Å². The van der Waals surface area contributed by atoms with Gasteiger partial charge in [0, 0.05) is 118 Å². The van der Waals surface area contributed by atoms with Crippen LogP contribution >= 0.6 is 0 Å². The zero-order chi connectivity index (χ0) is 61.0. The molecule has 7 rings (SSSR count). The Bertz CT molecular complexity index is 3120. The molecule has 5 aliphatic heterocycles. The number of carbonyl (C=O) groups excluding carboxylic acids is 7. The van der Waals surface area contributed by atoms with Crippen LogP contribution in [0.3, 0.4) is 0 Å². The summed E-state index contributed by atoms with van der Waals surface area (Å²) in [6.45, 7) is 17.6. The third-order valence-electron chi connectivity index (χ3n) is 19.0. The van der Waals surface area contributed by atoms with Gasteiger partial charge in [-0.25, -0.2) is 0 Å². The van der Waals surface area contributed by atoms with E-state index in [0.717, 1.165) is 5.56 Å². The van der Waals surface area contributed by atoms with Gasteiger partial charge >= 0.3 is 41.8 Å². The molecule has 0 amide bonds. The van der Waals surface area contributed by atoms with Crippen LogP contribution < -0.4 is 5.32 Å². The molecule has 1 saturated heterocycles. The minimum absolute atomic E-state index is 0.0307. The van der Waals surface area contributed by atoms with Crippen LogP contribution in [0.1, 0.15) is 137 Å². The van der Waals surface area contributed by atoms with Crippen molar-refractivity contribution in [1.29, 1.82) is 0 Å². The summed E-state index contributed by atoms with van der Waals surface area (Å²) in [6.07, 6.45) is 5.42. The van der Waals surface area contributed by atoms with Gasteiger partial charge in [-0.3, -0.25) is 58.5 Å². The number of aryl methyl sites for hydroxylation is 1. The lowest BCUT2D eigenvalue weighted by molar-refractivity contribution is -0.148. The van der Waals surface area contributed by atoms with Crippen LogP contribution in [0.4, 0.5) is 0 Å². The number of carbonyl (C=O) groups is 7. The van der Waals surface area contributed by atoms with E-state index in [9.17, 15) is 33.6 Å². The van der Waals surface area contributed by atoms with Gasteiger partial charge in [-0.2, -0.15) is 0 Å². The summed E-state index contributed by atoms with van der Waals surface area (Å²) in [6, 6.07) is 6.49. The molecule has 83 heavy (non-hydrogen) atoms. The number of nitrogens with zero attached hydrogens (tertiary/aromatic N) is 5. The van der Waals surface area contributed by atoms with Crippen molar-refractivity contribution >= 4 is 58.9 Å². The first kappa shape index (κ1) is 63.2. The van der Waals surface area contributed by atoms with Crippen LogP contribution in [0.25, 0.3) is 11.4 Å². The molecule has 20 heteroatoms. The van der Waals surface area contributed by atoms with Crippen LogP contribution in [0, 0.1) is 52.3 Å². The largest absolute Gasteiger partial charge is 0.469 e. The number of aliphatic imine (C=N–C) groups is 3. The van der Waals surface area contributed by atoms with Gasteiger partial charge in [0.1, 0.15) is 6.61 Å². The standard InChI is InChI=1S/C63H82N6O14/c1-35-23-26-64-44(28-35)45-29-38(24-27-65-45)34-83-53(76)32-61(7)39(16-19-47(70)77-10)43-31-46-59(4,5)40(17-20-48(71)78-11)54(67-46)36(2)56-60(6,25-22-50(73)80-13)42(30-51(74)81-14)58(68-56)63(9)62(8,33-52(75)82-15)41(18-21-49(72)79-12)55(69-63)37(3)57(61)66-43/h23-24,26-29,31,39-42,58,66H,16-22,25,30,32-34H2,1-15H3/b43-31-,54-36-,57-37-/t39-,40-,41-,42+,58?,60-,61+,62+,63-/m1/s1. The van der Waals surface area contributed by atoms with E-state index in [2.05, 4.69) is 29.1 Å². The van der Waals surface area contributed by atoms with E-state index in [-0.39, 0.29) is 70.8 Å². The fourth-order valence-electron chi connectivity index (χ4n) is 13.9. The second-order valence-electron chi connectivity index (χ2n) is 24.1. The highest BCUT2D eigenvalue weighted by molar-refractivity contribution is 6.10. The summed E-state index contributed by atoms with van der Waals surface area (Å²) in [5.74, 6) is -6.00. The lowest BCUT2D eigenvalue weighted by Gasteiger charge is -2.48. The van der Waals surface area contributed by atoms with E-state index < -0.39 is 98.7 Å². The SMILES string of the molecule is COC(=O)CC[C@@H]1/C2=C(\C)C3=NC([C@H](CC(=O)OC)[C@@]3(C)CCC(=O)OC)[C@@]3(C)N=C(/C(C)=C4\N/C(=C\C(=N2)C1(C)C)[C@@H](CCC(=O)OC)[C@]4(C)CC(=O)OCc1ccnc(-c2cc(C)ccn2)c1)[C@@H](CCC(=O)OC)[C@]3(C)CC(=O)OC. The molecule has 2 aromatic rings. The molecule has 1 fully saturated rings. The number of rotatable bonds is 21. The second-order valence-corrected chi connectivity index (χ2v) is 24.1. The normalized spacial score (nSPS) is 30.0. The molecule has 9 atom stereocenters. The number of allylic oxidation sites excluding steroid dienone is 6. The number of esters is 7. The number of nitrogens with one attached hydrogen (secondary N) is 1. The summed E-state index contributed by atoms with van der Waals surface area (Å²) in [7, 11) is 7.90. The highest BCUT2D eigenvalue weighted by Gasteiger charge is 2.67. The number of pyridine rings is 2. The van der Waals surface area contributed by atoms with Crippen molar-refractivity contribution in [1.82, 2.24) is 15.3 Å². The van der Waals surface area contributed by atoms with E-state index in [1.54, 1.807) is 18.5 Å². The average molecular weight is 1150 g/mol. The van der Waals surface area contributed by atoms with Gasteiger partial charge in [0.15, 0.2) is 0 Å². The molecule has 0 spiro atoms. The first-order valence-corrected chi connectivity index (χ1v) is 28.3. The zero-order valence-corrected chi connectivity index (χ0v) is 50.9. The van der Waals surface area contributed by atoms with Crippen molar-refractivity contribution in [3.63, 3.8) is 0 Å². The van der Waals surface area contributed by atoms with E-state index >= 15 is 0 Å². The molecule has 2 aromatic heterocycles. The van der Waals surface area contributed by atoms with Crippen molar-refractivity contribution in [2.24, 2.45) is 60.3 Å². The molecule has 0 aliphatic carbocycles. The molecule has 8 bridgehead atoms. The summed E-state index contributed by atoms with van der Waals surface area (Å²) in [4.78, 5) is 122. The van der Waals surface area contributed by atoms with Gasteiger partial charge in [0.2, 0.25) is 0 Å². The number of ether oxygens (including phenoxy) is 7. The smallest absolute Gasteiger partial charge is 0.307 e. The minimum atomic E-state index is -1.42. The zero-order valence-electron chi connectivity index (χ0n) is 50.9. The summed E-state index contributed by atoms with van der Waals surface area (Å²) in [5.41, 5.74) is 2.01. The fourth-order valence-corrected chi connectivity index (χ4v) is 13.9. The van der Waals surface area contributed by atoms with E-state index in [4.69, 9.17) is 48.1 Å². The van der Waals surface area contributed by atoms with Crippen molar-refractivity contribution in [3.8, 4) is 11.4 Å². The van der Waals surface area contributed by atoms with Crippen molar-refractivity contribution in [3.05, 3.63) is 82.1 Å². The quantitative estimate of drug-likeness (QED) is 0.0903. The topological polar surface area (TPSA) is 259 Å². The predicted molar refractivity (Wildman–Crippen MR) is 308 cm³/mol. The average Bonchev–Trinajstić information content (AvgIpc) is 2.09. The molecule has 0 aromatic carbocycles. The van der Waals surface area contributed by atoms with Crippen molar-refractivity contribution in [2.75, 3.05) is 42.7 Å². The Morgan fingerprint density at radius 1 is 0.602 bits per heavy atom. The Morgan fingerprint density at radius 2 is 1.16 bits per heavy atom. The van der Waals surface area contributed by atoms with Crippen LogP contribution in [0.15, 0.2) is 85.9 Å². The maximum Gasteiger partial charge on any atom is 0.307 e. The van der Waals surface area contributed by atoms with Gasteiger partial charge in [-0.15, -0.1) is 0 Å². The number of fused-ring (bicyclic) bond motifs is 6. The molecule has 5 aliphatic rings.